The maximum atomic E-state index is 6.16. The van der Waals surface area contributed by atoms with Crippen molar-refractivity contribution < 1.29 is 14.2 Å². The van der Waals surface area contributed by atoms with Gasteiger partial charge in [-0.2, -0.15) is 0 Å². The fourth-order valence-corrected chi connectivity index (χ4v) is 3.21. The van der Waals surface area contributed by atoms with E-state index in [1.54, 1.807) is 12.4 Å². The molecule has 1 saturated heterocycles. The largest absolute Gasteiger partial charge is 0.490 e. The Bertz CT molecular complexity index is 878. The van der Waals surface area contributed by atoms with Crippen LogP contribution in [0.3, 0.4) is 0 Å². The molecule has 1 aliphatic rings. The maximum Gasteiger partial charge on any atom is 0.127 e. The third kappa shape index (κ3) is 3.61. The molecule has 4 rings (SSSR count). The average Bonchev–Trinajstić information content (AvgIpc) is 2.66. The smallest absolute Gasteiger partial charge is 0.127 e. The third-order valence-electron chi connectivity index (χ3n) is 4.19. The van der Waals surface area contributed by atoms with Crippen molar-refractivity contribution in [2.75, 3.05) is 26.4 Å². The highest BCUT2D eigenvalue weighted by Gasteiger charge is 2.17. The summed E-state index contributed by atoms with van der Waals surface area (Å²) in [5, 5.41) is 2.84. The zero-order chi connectivity index (χ0) is 17.1. The number of aromatic nitrogens is 1. The molecule has 4 nitrogen and oxygen atoms in total. The first-order valence-electron chi connectivity index (χ1n) is 8.26. The van der Waals surface area contributed by atoms with Gasteiger partial charge in [0, 0.05) is 23.5 Å². The van der Waals surface area contributed by atoms with Crippen molar-refractivity contribution in [3.8, 4) is 16.9 Å². The topological polar surface area (TPSA) is 40.6 Å². The van der Waals surface area contributed by atoms with Crippen molar-refractivity contribution in [2.24, 2.45) is 0 Å². The van der Waals surface area contributed by atoms with Gasteiger partial charge in [0.15, 0.2) is 0 Å². The van der Waals surface area contributed by atoms with Crippen LogP contribution >= 0.6 is 11.6 Å². The molecule has 0 amide bonds. The Labute approximate surface area is 151 Å². The highest BCUT2D eigenvalue weighted by molar-refractivity contribution is 6.30. The molecule has 0 aliphatic carbocycles. The van der Waals surface area contributed by atoms with Gasteiger partial charge < -0.3 is 14.2 Å². The van der Waals surface area contributed by atoms with Crippen molar-refractivity contribution >= 4 is 22.4 Å². The van der Waals surface area contributed by atoms with Gasteiger partial charge in [-0.1, -0.05) is 41.9 Å². The van der Waals surface area contributed by atoms with Crippen LogP contribution in [0.15, 0.2) is 54.9 Å². The van der Waals surface area contributed by atoms with Gasteiger partial charge in [0.2, 0.25) is 0 Å². The fourth-order valence-electron chi connectivity index (χ4n) is 3.03. The molecule has 1 unspecified atom stereocenters. The second-order valence-corrected chi connectivity index (χ2v) is 6.37. The summed E-state index contributed by atoms with van der Waals surface area (Å²) in [4.78, 5) is 4.23. The number of fused-ring (bicyclic) bond motifs is 1. The molecule has 1 atom stereocenters. The number of benzene rings is 2. The van der Waals surface area contributed by atoms with Gasteiger partial charge in [0.05, 0.1) is 24.8 Å². The molecule has 0 saturated carbocycles. The number of rotatable bonds is 4. The standard InChI is InChI=1S/C20H18ClNO3/c21-16-9-15(10-22-11-16)20-18-4-2-1-3-14(18)5-6-19(20)25-13-17-12-23-7-8-24-17/h1-6,9-11,17H,7-8,12-13H2. The van der Waals surface area contributed by atoms with E-state index in [0.717, 1.165) is 27.6 Å². The number of nitrogens with zero attached hydrogens (tertiary/aromatic N) is 1. The maximum absolute atomic E-state index is 6.16. The van der Waals surface area contributed by atoms with Crippen molar-refractivity contribution in [2.45, 2.75) is 6.10 Å². The molecule has 0 N–H and O–H groups in total. The van der Waals surface area contributed by atoms with Crippen LogP contribution in [0.25, 0.3) is 21.9 Å². The van der Waals surface area contributed by atoms with Crippen LogP contribution in [0.2, 0.25) is 5.02 Å². The van der Waals surface area contributed by atoms with Crippen LogP contribution in [-0.4, -0.2) is 37.5 Å². The van der Waals surface area contributed by atoms with Crippen LogP contribution in [0.4, 0.5) is 0 Å². The quantitative estimate of drug-likeness (QED) is 0.697. The molecule has 2 heterocycles. The third-order valence-corrected chi connectivity index (χ3v) is 4.40. The summed E-state index contributed by atoms with van der Waals surface area (Å²) in [5.41, 5.74) is 1.92. The molecule has 128 valence electrons. The minimum atomic E-state index is -0.0504. The van der Waals surface area contributed by atoms with Gasteiger partial charge in [-0.15, -0.1) is 0 Å². The summed E-state index contributed by atoms with van der Waals surface area (Å²) < 4.78 is 17.2. The summed E-state index contributed by atoms with van der Waals surface area (Å²) in [6.45, 7) is 2.25. The Balaban J connectivity index is 1.73. The molecule has 1 aromatic heterocycles. The van der Waals surface area contributed by atoms with Crippen molar-refractivity contribution in [1.82, 2.24) is 4.98 Å². The van der Waals surface area contributed by atoms with Gasteiger partial charge in [-0.05, 0) is 22.9 Å². The van der Waals surface area contributed by atoms with Gasteiger partial charge in [-0.25, -0.2) is 0 Å². The van der Waals surface area contributed by atoms with E-state index in [1.807, 2.05) is 24.3 Å². The monoisotopic (exact) mass is 355 g/mol. The first-order valence-corrected chi connectivity index (χ1v) is 8.64. The summed E-state index contributed by atoms with van der Waals surface area (Å²) in [6.07, 6.45) is 3.38. The number of hydrogen-bond donors (Lipinski definition) is 0. The lowest BCUT2D eigenvalue weighted by Crippen LogP contribution is -2.33. The Morgan fingerprint density at radius 1 is 1.12 bits per heavy atom. The normalized spacial score (nSPS) is 17.6. The van der Waals surface area contributed by atoms with Gasteiger partial charge in [0.25, 0.3) is 0 Å². The highest BCUT2D eigenvalue weighted by atomic mass is 35.5. The van der Waals surface area contributed by atoms with E-state index in [9.17, 15) is 0 Å². The Morgan fingerprint density at radius 2 is 2.04 bits per heavy atom. The summed E-state index contributed by atoms with van der Waals surface area (Å²) in [7, 11) is 0. The van der Waals surface area contributed by atoms with E-state index < -0.39 is 0 Å². The number of halogens is 1. The summed E-state index contributed by atoms with van der Waals surface area (Å²) >= 11 is 6.16. The second-order valence-electron chi connectivity index (χ2n) is 5.93. The van der Waals surface area contributed by atoms with E-state index in [0.29, 0.717) is 31.5 Å². The predicted octanol–water partition coefficient (Wildman–Crippen LogP) is 4.35. The lowest BCUT2D eigenvalue weighted by molar-refractivity contribution is -0.101. The number of hydrogen-bond acceptors (Lipinski definition) is 4. The lowest BCUT2D eigenvalue weighted by atomic mass is 9.98. The molecular weight excluding hydrogens is 338 g/mol. The Kier molecular flexibility index (Phi) is 4.83. The van der Waals surface area contributed by atoms with Crippen LogP contribution in [0.1, 0.15) is 0 Å². The van der Waals surface area contributed by atoms with Crippen LogP contribution in [0, 0.1) is 0 Å². The average molecular weight is 356 g/mol. The molecule has 1 fully saturated rings. The number of pyridine rings is 1. The van der Waals surface area contributed by atoms with Crippen molar-refractivity contribution in [3.05, 3.63) is 59.9 Å². The van der Waals surface area contributed by atoms with Crippen LogP contribution in [0.5, 0.6) is 5.75 Å². The molecule has 0 radical (unpaired) electrons. The number of ether oxygens (including phenoxy) is 3. The molecule has 25 heavy (non-hydrogen) atoms. The van der Waals surface area contributed by atoms with Gasteiger partial charge in [0.1, 0.15) is 18.5 Å². The first kappa shape index (κ1) is 16.3. The highest BCUT2D eigenvalue weighted by Crippen LogP contribution is 2.37. The molecule has 2 aromatic carbocycles. The SMILES string of the molecule is Clc1cncc(-c2c(OCC3COCCO3)ccc3ccccc23)c1. The predicted molar refractivity (Wildman–Crippen MR) is 98.2 cm³/mol. The molecular formula is C20H18ClNO3. The zero-order valence-corrected chi connectivity index (χ0v) is 14.4. The van der Waals surface area contributed by atoms with Crippen LogP contribution in [-0.2, 0) is 9.47 Å². The van der Waals surface area contributed by atoms with Gasteiger partial charge >= 0.3 is 0 Å². The van der Waals surface area contributed by atoms with E-state index in [4.69, 9.17) is 25.8 Å². The molecule has 5 heteroatoms. The molecule has 0 spiro atoms. The molecule has 0 bridgehead atoms. The Hall–Kier alpha value is -2.14. The van der Waals surface area contributed by atoms with Crippen molar-refractivity contribution in [3.63, 3.8) is 0 Å². The Morgan fingerprint density at radius 3 is 2.88 bits per heavy atom. The second kappa shape index (κ2) is 7.40. The van der Waals surface area contributed by atoms with Crippen molar-refractivity contribution in [1.29, 1.82) is 0 Å². The lowest BCUT2D eigenvalue weighted by Gasteiger charge is -2.24. The van der Waals surface area contributed by atoms with E-state index >= 15 is 0 Å². The van der Waals surface area contributed by atoms with Gasteiger partial charge in [-0.3, -0.25) is 4.98 Å². The minimum absolute atomic E-state index is 0.0504. The minimum Gasteiger partial charge on any atom is -0.490 e. The van der Waals surface area contributed by atoms with Crippen LogP contribution < -0.4 is 4.74 Å². The van der Waals surface area contributed by atoms with E-state index in [-0.39, 0.29) is 6.10 Å². The zero-order valence-electron chi connectivity index (χ0n) is 13.7. The molecule has 3 aromatic rings. The fraction of sp³-hybridized carbons (Fsp3) is 0.250. The van der Waals surface area contributed by atoms with E-state index in [2.05, 4.69) is 23.2 Å². The first-order chi connectivity index (χ1) is 12.3. The van der Waals surface area contributed by atoms with E-state index in [1.165, 1.54) is 0 Å². The molecule has 1 aliphatic heterocycles. The summed E-state index contributed by atoms with van der Waals surface area (Å²) in [5.74, 6) is 0.789. The summed E-state index contributed by atoms with van der Waals surface area (Å²) in [6, 6.07) is 14.2.